The maximum absolute atomic E-state index is 12.5. The lowest BCUT2D eigenvalue weighted by atomic mass is 10.3. The van der Waals surface area contributed by atoms with E-state index in [0.717, 1.165) is 12.3 Å². The van der Waals surface area contributed by atoms with Gasteiger partial charge >= 0.3 is 5.97 Å². The summed E-state index contributed by atoms with van der Waals surface area (Å²) in [7, 11) is -1.04. The van der Waals surface area contributed by atoms with Crippen LogP contribution in [0.2, 0.25) is 0 Å². The first-order chi connectivity index (χ1) is 10.4. The van der Waals surface area contributed by atoms with Gasteiger partial charge in [0.25, 0.3) is 0 Å². The standard InChI is InChI=1S/C14H13NO6S/c1-20-11-5-4-10(7-12(11)21-2)22(18,19)13-6-3-9(8-15-13)14(16)17/h3-8H,1-2H3,(H,16,17). The average molecular weight is 323 g/mol. The number of ether oxygens (including phenoxy) is 2. The van der Waals surface area contributed by atoms with Crippen LogP contribution in [-0.2, 0) is 9.84 Å². The summed E-state index contributed by atoms with van der Waals surface area (Å²) in [5, 5.41) is 8.56. The minimum absolute atomic E-state index is 0.0271. The van der Waals surface area contributed by atoms with Gasteiger partial charge in [0.05, 0.1) is 24.7 Å². The van der Waals surface area contributed by atoms with E-state index in [1.807, 2.05) is 0 Å². The van der Waals surface area contributed by atoms with Crippen molar-refractivity contribution in [3.8, 4) is 11.5 Å². The summed E-state index contributed by atoms with van der Waals surface area (Å²) in [6.07, 6.45) is 0.996. The Labute approximate surface area is 127 Å². The Morgan fingerprint density at radius 3 is 2.27 bits per heavy atom. The van der Waals surface area contributed by atoms with Gasteiger partial charge < -0.3 is 14.6 Å². The summed E-state index contributed by atoms with van der Waals surface area (Å²) in [5.41, 5.74) is -0.0914. The molecule has 0 fully saturated rings. The second-order valence-electron chi connectivity index (χ2n) is 4.21. The molecule has 0 atom stereocenters. The van der Waals surface area contributed by atoms with Crippen molar-refractivity contribution in [3.63, 3.8) is 0 Å². The van der Waals surface area contributed by atoms with Crippen molar-refractivity contribution < 1.29 is 27.8 Å². The lowest BCUT2D eigenvalue weighted by molar-refractivity contribution is 0.0696. The van der Waals surface area contributed by atoms with Gasteiger partial charge in [0.15, 0.2) is 16.5 Å². The van der Waals surface area contributed by atoms with E-state index in [-0.39, 0.29) is 21.2 Å². The highest BCUT2D eigenvalue weighted by molar-refractivity contribution is 7.91. The predicted molar refractivity (Wildman–Crippen MR) is 76.2 cm³/mol. The number of methoxy groups -OCH3 is 2. The van der Waals surface area contributed by atoms with Crippen molar-refractivity contribution in [2.45, 2.75) is 9.92 Å². The van der Waals surface area contributed by atoms with Gasteiger partial charge in [-0.25, -0.2) is 18.2 Å². The van der Waals surface area contributed by atoms with Gasteiger partial charge in [-0.1, -0.05) is 0 Å². The minimum Gasteiger partial charge on any atom is -0.493 e. The van der Waals surface area contributed by atoms with Crippen LogP contribution in [0.5, 0.6) is 11.5 Å². The molecule has 1 N–H and O–H groups in total. The molecule has 22 heavy (non-hydrogen) atoms. The second-order valence-corrected chi connectivity index (χ2v) is 6.11. The molecule has 8 heteroatoms. The van der Waals surface area contributed by atoms with E-state index in [9.17, 15) is 13.2 Å². The number of carbonyl (C=O) groups is 1. The summed E-state index contributed by atoms with van der Waals surface area (Å²) in [5.74, 6) is -0.510. The summed E-state index contributed by atoms with van der Waals surface area (Å²) in [6, 6.07) is 6.49. The smallest absolute Gasteiger partial charge is 0.337 e. The number of hydrogen-bond acceptors (Lipinski definition) is 6. The van der Waals surface area contributed by atoms with Gasteiger partial charge in [0, 0.05) is 12.3 Å². The number of rotatable bonds is 5. The molecule has 0 saturated carbocycles. The molecule has 116 valence electrons. The molecule has 0 amide bonds. The molecule has 1 aromatic carbocycles. The van der Waals surface area contributed by atoms with E-state index in [4.69, 9.17) is 14.6 Å². The molecule has 2 aromatic rings. The normalized spacial score (nSPS) is 11.0. The molecular formula is C14H13NO6S. The molecule has 0 spiro atoms. The molecule has 0 aliphatic carbocycles. The zero-order valence-electron chi connectivity index (χ0n) is 11.8. The number of benzene rings is 1. The minimum atomic E-state index is -3.88. The van der Waals surface area contributed by atoms with Crippen molar-refractivity contribution in [1.29, 1.82) is 0 Å². The molecule has 0 unspecified atom stereocenters. The number of aromatic carboxylic acids is 1. The maximum Gasteiger partial charge on any atom is 0.337 e. The number of pyridine rings is 1. The molecular weight excluding hydrogens is 310 g/mol. The molecule has 0 bridgehead atoms. The molecule has 2 rings (SSSR count). The van der Waals surface area contributed by atoms with Gasteiger partial charge in [0.2, 0.25) is 9.84 Å². The van der Waals surface area contributed by atoms with Crippen LogP contribution in [0.25, 0.3) is 0 Å². The van der Waals surface area contributed by atoms with Crippen LogP contribution in [0.1, 0.15) is 10.4 Å². The largest absolute Gasteiger partial charge is 0.493 e. The zero-order valence-corrected chi connectivity index (χ0v) is 12.6. The van der Waals surface area contributed by atoms with Crippen LogP contribution < -0.4 is 9.47 Å². The van der Waals surface area contributed by atoms with Crippen molar-refractivity contribution in [2.75, 3.05) is 14.2 Å². The van der Waals surface area contributed by atoms with E-state index in [2.05, 4.69) is 4.98 Å². The first-order valence-electron chi connectivity index (χ1n) is 6.06. The first kappa shape index (κ1) is 15.8. The fourth-order valence-electron chi connectivity index (χ4n) is 1.77. The Balaban J connectivity index is 2.48. The SMILES string of the molecule is COc1ccc(S(=O)(=O)c2ccc(C(=O)O)cn2)cc1OC. The fourth-order valence-corrected chi connectivity index (χ4v) is 2.96. The van der Waals surface area contributed by atoms with Crippen LogP contribution in [0.15, 0.2) is 46.5 Å². The number of hydrogen-bond donors (Lipinski definition) is 1. The van der Waals surface area contributed by atoms with Crippen molar-refractivity contribution in [3.05, 3.63) is 42.1 Å². The van der Waals surface area contributed by atoms with E-state index >= 15 is 0 Å². The Morgan fingerprint density at radius 1 is 1.09 bits per heavy atom. The molecule has 0 saturated heterocycles. The van der Waals surface area contributed by atoms with Gasteiger partial charge in [-0.15, -0.1) is 0 Å². The van der Waals surface area contributed by atoms with E-state index in [1.54, 1.807) is 0 Å². The fraction of sp³-hybridized carbons (Fsp3) is 0.143. The van der Waals surface area contributed by atoms with Crippen LogP contribution in [0.4, 0.5) is 0 Å². The Kier molecular flexibility index (Phi) is 4.32. The Morgan fingerprint density at radius 2 is 1.77 bits per heavy atom. The molecule has 1 aromatic heterocycles. The summed E-state index contributed by atoms with van der Waals surface area (Å²) in [6.45, 7) is 0. The number of sulfone groups is 1. The van der Waals surface area contributed by atoms with E-state index in [1.165, 1.54) is 38.5 Å². The van der Waals surface area contributed by atoms with Gasteiger partial charge in [-0.3, -0.25) is 0 Å². The average Bonchev–Trinajstić information content (AvgIpc) is 2.54. The van der Waals surface area contributed by atoms with Crippen molar-refractivity contribution >= 4 is 15.8 Å². The maximum atomic E-state index is 12.5. The lowest BCUT2D eigenvalue weighted by Gasteiger charge is -2.10. The first-order valence-corrected chi connectivity index (χ1v) is 7.55. The van der Waals surface area contributed by atoms with Gasteiger partial charge in [0.1, 0.15) is 0 Å². The highest BCUT2D eigenvalue weighted by Gasteiger charge is 2.21. The van der Waals surface area contributed by atoms with Crippen LogP contribution in [0.3, 0.4) is 0 Å². The highest BCUT2D eigenvalue weighted by atomic mass is 32.2. The topological polar surface area (TPSA) is 103 Å². The van der Waals surface area contributed by atoms with Crippen molar-refractivity contribution in [2.24, 2.45) is 0 Å². The van der Waals surface area contributed by atoms with Gasteiger partial charge in [-0.05, 0) is 24.3 Å². The number of nitrogens with zero attached hydrogens (tertiary/aromatic N) is 1. The molecule has 0 aliphatic rings. The Bertz CT molecular complexity index is 799. The summed E-state index contributed by atoms with van der Waals surface area (Å²) >= 11 is 0. The second kappa shape index (κ2) is 6.02. The predicted octanol–water partition coefficient (Wildman–Crippen LogP) is 1.63. The quantitative estimate of drug-likeness (QED) is 0.892. The third-order valence-corrected chi connectivity index (χ3v) is 4.59. The monoisotopic (exact) mass is 323 g/mol. The van der Waals surface area contributed by atoms with Crippen molar-refractivity contribution in [1.82, 2.24) is 4.98 Å². The van der Waals surface area contributed by atoms with E-state index in [0.29, 0.717) is 5.75 Å². The summed E-state index contributed by atoms with van der Waals surface area (Å²) in [4.78, 5) is 14.4. The number of carboxylic acids is 1. The van der Waals surface area contributed by atoms with Crippen LogP contribution in [0, 0.1) is 0 Å². The molecule has 7 nitrogen and oxygen atoms in total. The number of aromatic nitrogens is 1. The lowest BCUT2D eigenvalue weighted by Crippen LogP contribution is -2.06. The molecule has 0 radical (unpaired) electrons. The molecule has 0 aliphatic heterocycles. The van der Waals surface area contributed by atoms with E-state index < -0.39 is 15.8 Å². The molecule has 1 heterocycles. The van der Waals surface area contributed by atoms with Gasteiger partial charge in [-0.2, -0.15) is 0 Å². The zero-order chi connectivity index (χ0) is 16.3. The third-order valence-electron chi connectivity index (χ3n) is 2.92. The van der Waals surface area contributed by atoms with Crippen LogP contribution >= 0.6 is 0 Å². The summed E-state index contributed by atoms with van der Waals surface area (Å²) < 4.78 is 35.1. The van der Waals surface area contributed by atoms with Crippen LogP contribution in [-0.4, -0.2) is 38.7 Å². The third kappa shape index (κ3) is 2.86. The Hall–Kier alpha value is -2.61. The number of carboxylic acid groups (broad SMARTS) is 1. The highest BCUT2D eigenvalue weighted by Crippen LogP contribution is 2.31.